The predicted molar refractivity (Wildman–Crippen MR) is 270 cm³/mol. The molecular formula is C60H38N2S. The van der Waals surface area contributed by atoms with Gasteiger partial charge in [0, 0.05) is 47.4 Å². The lowest BCUT2D eigenvalue weighted by atomic mass is 9.97. The molecule has 13 rings (SSSR count). The Morgan fingerprint density at radius 3 is 1.37 bits per heavy atom. The standard InChI is InChI=1S/C60H38N2S/c1-3-14-39(15-4-1)41-18-11-19-42(34-41)44-28-31-54-51(37-44)52-38-46(29-32-55(52)61(54)47-21-12-20-43(35-47)40-16-5-2-6-17-40)45-30-33-56-50(36-45)48-22-7-9-24-53(48)62(56)57-25-13-27-59-60(57)49-23-8-10-26-58(49)63-59/h1-38H. The highest BCUT2D eigenvalue weighted by atomic mass is 32.1. The maximum Gasteiger partial charge on any atom is 0.0555 e. The molecule has 3 aromatic heterocycles. The SMILES string of the molecule is c1ccc(-c2cccc(-c3ccc4c(c3)c3cc(-c5ccc6c(c5)c5ccccc5n6-c5cccc6sc7ccccc7c56)ccc3n4-c3cccc(-c4ccccc4)c3)c2)cc1. The monoisotopic (exact) mass is 818 g/mol. The molecule has 0 aliphatic heterocycles. The summed E-state index contributed by atoms with van der Waals surface area (Å²) in [5.41, 5.74) is 16.8. The minimum atomic E-state index is 1.14. The zero-order valence-electron chi connectivity index (χ0n) is 34.2. The van der Waals surface area contributed by atoms with Crippen molar-refractivity contribution in [2.45, 2.75) is 0 Å². The topological polar surface area (TPSA) is 9.86 Å². The van der Waals surface area contributed by atoms with Gasteiger partial charge in [-0.1, -0.05) is 152 Å². The lowest BCUT2D eigenvalue weighted by molar-refractivity contribution is 1.18. The normalized spacial score (nSPS) is 11.8. The highest BCUT2D eigenvalue weighted by Crippen LogP contribution is 2.43. The second-order valence-corrected chi connectivity index (χ2v) is 17.6. The van der Waals surface area contributed by atoms with E-state index in [0.717, 1.165) is 5.69 Å². The van der Waals surface area contributed by atoms with E-state index in [4.69, 9.17) is 0 Å². The van der Waals surface area contributed by atoms with Crippen LogP contribution in [0.3, 0.4) is 0 Å². The summed E-state index contributed by atoms with van der Waals surface area (Å²) in [6, 6.07) is 84.7. The largest absolute Gasteiger partial charge is 0.309 e. The molecule has 0 spiro atoms. The third kappa shape index (κ3) is 5.78. The van der Waals surface area contributed by atoms with Crippen LogP contribution >= 0.6 is 11.3 Å². The molecule has 0 atom stereocenters. The number of rotatable bonds is 6. The number of benzene rings is 10. The maximum atomic E-state index is 2.48. The number of nitrogens with zero attached hydrogens (tertiary/aromatic N) is 2. The Morgan fingerprint density at radius 2 is 0.698 bits per heavy atom. The molecule has 3 heteroatoms. The molecule has 0 saturated carbocycles. The third-order valence-electron chi connectivity index (χ3n) is 12.9. The van der Waals surface area contributed by atoms with Crippen LogP contribution in [0.15, 0.2) is 231 Å². The molecule has 0 radical (unpaired) electrons. The van der Waals surface area contributed by atoms with Crippen molar-refractivity contribution in [3.8, 4) is 55.9 Å². The predicted octanol–water partition coefficient (Wildman–Crippen LogP) is 16.9. The van der Waals surface area contributed by atoms with Crippen molar-refractivity contribution in [2.24, 2.45) is 0 Å². The second-order valence-electron chi connectivity index (χ2n) is 16.5. The van der Waals surface area contributed by atoms with Gasteiger partial charge in [-0.25, -0.2) is 0 Å². The molecule has 63 heavy (non-hydrogen) atoms. The fourth-order valence-electron chi connectivity index (χ4n) is 9.98. The highest BCUT2D eigenvalue weighted by Gasteiger charge is 2.19. The molecule has 10 aromatic carbocycles. The number of thiophene rings is 1. The molecule has 0 aliphatic rings. The Labute approximate surface area is 368 Å². The van der Waals surface area contributed by atoms with Crippen LogP contribution in [-0.4, -0.2) is 9.13 Å². The van der Waals surface area contributed by atoms with Gasteiger partial charge in [-0.2, -0.15) is 0 Å². The van der Waals surface area contributed by atoms with Crippen molar-refractivity contribution in [2.75, 3.05) is 0 Å². The minimum absolute atomic E-state index is 1.14. The molecule has 0 amide bonds. The lowest BCUT2D eigenvalue weighted by Gasteiger charge is -2.11. The van der Waals surface area contributed by atoms with E-state index in [1.54, 1.807) is 0 Å². The van der Waals surface area contributed by atoms with Crippen molar-refractivity contribution in [3.05, 3.63) is 231 Å². The smallest absolute Gasteiger partial charge is 0.0555 e. The van der Waals surface area contributed by atoms with Gasteiger partial charge >= 0.3 is 0 Å². The van der Waals surface area contributed by atoms with Gasteiger partial charge in [-0.3, -0.25) is 0 Å². The molecule has 0 bridgehead atoms. The molecule has 0 aliphatic carbocycles. The molecule has 294 valence electrons. The van der Waals surface area contributed by atoms with Crippen LogP contribution in [0.25, 0.3) is 120 Å². The van der Waals surface area contributed by atoms with Gasteiger partial charge in [-0.15, -0.1) is 11.3 Å². The Bertz CT molecular complexity index is 3900. The fourth-order valence-corrected chi connectivity index (χ4v) is 11.1. The summed E-state index contributed by atoms with van der Waals surface area (Å²) in [5.74, 6) is 0. The van der Waals surface area contributed by atoms with Gasteiger partial charge in [0.15, 0.2) is 0 Å². The Hall–Kier alpha value is -7.98. The summed E-state index contributed by atoms with van der Waals surface area (Å²) in [4.78, 5) is 0. The molecule has 13 aromatic rings. The van der Waals surface area contributed by atoms with Crippen LogP contribution in [0, 0.1) is 0 Å². The van der Waals surface area contributed by atoms with Crippen LogP contribution in [0.4, 0.5) is 0 Å². The van der Waals surface area contributed by atoms with E-state index in [-0.39, 0.29) is 0 Å². The van der Waals surface area contributed by atoms with E-state index >= 15 is 0 Å². The van der Waals surface area contributed by atoms with Crippen LogP contribution in [-0.2, 0) is 0 Å². The van der Waals surface area contributed by atoms with Crippen LogP contribution in [0.5, 0.6) is 0 Å². The van der Waals surface area contributed by atoms with Gasteiger partial charge in [0.05, 0.1) is 27.8 Å². The van der Waals surface area contributed by atoms with Crippen LogP contribution in [0.1, 0.15) is 0 Å². The minimum Gasteiger partial charge on any atom is -0.309 e. The summed E-state index contributed by atoms with van der Waals surface area (Å²) < 4.78 is 7.54. The first-order chi connectivity index (χ1) is 31.2. The number of hydrogen-bond donors (Lipinski definition) is 0. The van der Waals surface area contributed by atoms with Gasteiger partial charge < -0.3 is 9.13 Å². The van der Waals surface area contributed by atoms with Crippen LogP contribution < -0.4 is 0 Å². The van der Waals surface area contributed by atoms with E-state index in [0.29, 0.717) is 0 Å². The molecule has 2 nitrogen and oxygen atoms in total. The highest BCUT2D eigenvalue weighted by molar-refractivity contribution is 7.25. The van der Waals surface area contributed by atoms with Crippen LogP contribution in [0.2, 0.25) is 0 Å². The first kappa shape index (κ1) is 35.7. The Morgan fingerprint density at radius 1 is 0.254 bits per heavy atom. The van der Waals surface area contributed by atoms with Crippen molar-refractivity contribution in [3.63, 3.8) is 0 Å². The van der Waals surface area contributed by atoms with E-state index < -0.39 is 0 Å². The van der Waals surface area contributed by atoms with Gasteiger partial charge in [0.1, 0.15) is 0 Å². The maximum absolute atomic E-state index is 2.48. The van der Waals surface area contributed by atoms with Crippen molar-refractivity contribution in [1.82, 2.24) is 9.13 Å². The van der Waals surface area contributed by atoms with E-state index in [1.807, 2.05) is 11.3 Å². The second kappa shape index (κ2) is 14.3. The van der Waals surface area contributed by atoms with Gasteiger partial charge in [0.25, 0.3) is 0 Å². The van der Waals surface area contributed by atoms with Crippen molar-refractivity contribution >= 4 is 75.1 Å². The summed E-state index contributed by atoms with van der Waals surface area (Å²) in [5, 5.41) is 7.58. The number of aromatic nitrogens is 2. The van der Waals surface area contributed by atoms with Gasteiger partial charge in [0.2, 0.25) is 0 Å². The molecule has 0 unspecified atom stereocenters. The number of fused-ring (bicyclic) bond motifs is 9. The first-order valence-electron chi connectivity index (χ1n) is 21.6. The molecule has 0 N–H and O–H groups in total. The Balaban J connectivity index is 1.01. The fraction of sp³-hybridized carbons (Fsp3) is 0. The Kier molecular flexibility index (Phi) is 8.12. The first-order valence-corrected chi connectivity index (χ1v) is 22.4. The van der Waals surface area contributed by atoms with Crippen molar-refractivity contribution in [1.29, 1.82) is 0 Å². The number of hydrogen-bond acceptors (Lipinski definition) is 1. The molecular weight excluding hydrogens is 781 g/mol. The average Bonchev–Trinajstić information content (AvgIpc) is 4.02. The third-order valence-corrected chi connectivity index (χ3v) is 14.0. The van der Waals surface area contributed by atoms with Gasteiger partial charge in [-0.05, 0) is 123 Å². The van der Waals surface area contributed by atoms with Crippen molar-refractivity contribution < 1.29 is 0 Å². The lowest BCUT2D eigenvalue weighted by Crippen LogP contribution is -1.95. The quantitative estimate of drug-likeness (QED) is 0.158. The summed E-state index contributed by atoms with van der Waals surface area (Å²) in [6.07, 6.45) is 0. The zero-order valence-corrected chi connectivity index (χ0v) is 35.1. The number of para-hydroxylation sites is 1. The average molecular weight is 819 g/mol. The molecule has 0 fully saturated rings. The summed E-state index contributed by atoms with van der Waals surface area (Å²) in [6.45, 7) is 0. The van der Waals surface area contributed by atoms with E-state index in [1.165, 1.54) is 114 Å². The summed E-state index contributed by atoms with van der Waals surface area (Å²) in [7, 11) is 0. The van der Waals surface area contributed by atoms with E-state index in [9.17, 15) is 0 Å². The van der Waals surface area contributed by atoms with E-state index in [2.05, 4.69) is 240 Å². The zero-order chi connectivity index (χ0) is 41.4. The summed E-state index contributed by atoms with van der Waals surface area (Å²) >= 11 is 1.87. The molecule has 0 saturated heterocycles. The molecule has 3 heterocycles.